The molecule has 0 heterocycles. The minimum Gasteiger partial charge on any atom is -0.0651 e. The second-order valence-electron chi connectivity index (χ2n) is 8.11. The molecule has 0 aromatic carbocycles. The average molecular weight is 264 g/mol. The highest BCUT2D eigenvalue weighted by atomic mass is 14.5. The van der Waals surface area contributed by atoms with Crippen LogP contribution < -0.4 is 0 Å². The highest BCUT2D eigenvalue weighted by Gasteiger charge is 2.46. The maximum Gasteiger partial charge on any atom is -0.0269 e. The maximum absolute atomic E-state index is 2.65. The minimum absolute atomic E-state index is 0.623. The third-order valence-corrected chi connectivity index (χ3v) is 7.15. The van der Waals surface area contributed by atoms with E-state index in [1.807, 2.05) is 0 Å². The van der Waals surface area contributed by atoms with E-state index in [-0.39, 0.29) is 0 Å². The third-order valence-electron chi connectivity index (χ3n) is 7.15. The number of hydrogen-bond acceptors (Lipinski definition) is 0. The molecule has 112 valence electrons. The average Bonchev–Trinajstić information content (AvgIpc) is 2.59. The quantitative estimate of drug-likeness (QED) is 0.504. The largest absolute Gasteiger partial charge is 0.0651 e. The summed E-state index contributed by atoms with van der Waals surface area (Å²) in [5.41, 5.74) is 1.26. The molecule has 0 aromatic heterocycles. The van der Waals surface area contributed by atoms with E-state index in [1.54, 1.807) is 0 Å². The van der Waals surface area contributed by atoms with Gasteiger partial charge < -0.3 is 0 Å². The monoisotopic (exact) mass is 264 g/mol. The number of hydrogen-bond donors (Lipinski definition) is 0. The van der Waals surface area contributed by atoms with Crippen LogP contribution >= 0.6 is 0 Å². The van der Waals surface area contributed by atoms with Gasteiger partial charge in [0.2, 0.25) is 0 Å². The van der Waals surface area contributed by atoms with Crippen LogP contribution in [0.4, 0.5) is 0 Å². The normalized spacial score (nSPS) is 39.8. The molecule has 19 heavy (non-hydrogen) atoms. The summed E-state index contributed by atoms with van der Waals surface area (Å²) in [7, 11) is 0. The zero-order valence-corrected chi connectivity index (χ0v) is 13.9. The molecule has 2 aliphatic carbocycles. The molecule has 0 bridgehead atoms. The van der Waals surface area contributed by atoms with Gasteiger partial charge in [-0.2, -0.15) is 0 Å². The Bertz CT molecular complexity index is 274. The van der Waals surface area contributed by atoms with E-state index >= 15 is 0 Å². The first-order chi connectivity index (χ1) is 9.04. The lowest BCUT2D eigenvalue weighted by molar-refractivity contribution is 0.000382. The van der Waals surface area contributed by atoms with Gasteiger partial charge in [0.05, 0.1) is 0 Å². The highest BCUT2D eigenvalue weighted by molar-refractivity contribution is 4.97. The summed E-state index contributed by atoms with van der Waals surface area (Å²) in [6.07, 6.45) is 16.3. The van der Waals surface area contributed by atoms with Crippen LogP contribution in [0, 0.1) is 22.7 Å². The Labute approximate surface area is 121 Å². The molecule has 0 radical (unpaired) electrons. The predicted molar refractivity (Wildman–Crippen MR) is 85.3 cm³/mol. The summed E-state index contributed by atoms with van der Waals surface area (Å²) in [6, 6.07) is 0. The fourth-order valence-electron chi connectivity index (χ4n) is 5.34. The van der Waals surface area contributed by atoms with Gasteiger partial charge in [0.15, 0.2) is 0 Å². The van der Waals surface area contributed by atoms with Crippen molar-refractivity contribution in [2.45, 2.75) is 98.3 Å². The molecular weight excluding hydrogens is 228 g/mol. The summed E-state index contributed by atoms with van der Waals surface area (Å²) in [5, 5.41) is 0. The van der Waals surface area contributed by atoms with Gasteiger partial charge in [-0.15, -0.1) is 0 Å². The Kier molecular flexibility index (Phi) is 5.01. The molecule has 0 aromatic rings. The summed E-state index contributed by atoms with van der Waals surface area (Å²) < 4.78 is 0. The van der Waals surface area contributed by atoms with E-state index in [9.17, 15) is 0 Å². The summed E-state index contributed by atoms with van der Waals surface area (Å²) >= 11 is 0. The van der Waals surface area contributed by atoms with Crippen LogP contribution in [0.25, 0.3) is 0 Å². The van der Waals surface area contributed by atoms with E-state index in [1.165, 1.54) is 70.6 Å². The fourth-order valence-corrected chi connectivity index (χ4v) is 5.34. The van der Waals surface area contributed by atoms with Gasteiger partial charge in [-0.1, -0.05) is 72.6 Å². The molecule has 0 aliphatic heterocycles. The molecule has 0 heteroatoms. The van der Waals surface area contributed by atoms with Crippen LogP contribution in [-0.2, 0) is 0 Å². The smallest absolute Gasteiger partial charge is 0.0269 e. The zero-order chi connectivity index (χ0) is 13.9. The standard InChI is InChI=1S/C19H36/c1-5-16-11-10-14-19(4,15-17(16)6-2)18(3)12-8-7-9-13-18/h16-17H,5-15H2,1-4H3. The van der Waals surface area contributed by atoms with Crippen LogP contribution in [0.3, 0.4) is 0 Å². The first-order valence-corrected chi connectivity index (χ1v) is 9.04. The third kappa shape index (κ3) is 3.03. The van der Waals surface area contributed by atoms with Crippen LogP contribution in [0.2, 0.25) is 0 Å². The molecular formula is C19H36. The summed E-state index contributed by atoms with van der Waals surface area (Å²) in [6.45, 7) is 10.1. The lowest BCUT2D eigenvalue weighted by atomic mass is 9.55. The summed E-state index contributed by atoms with van der Waals surface area (Å²) in [4.78, 5) is 0. The summed E-state index contributed by atoms with van der Waals surface area (Å²) in [5.74, 6) is 2.01. The first kappa shape index (κ1) is 15.4. The van der Waals surface area contributed by atoms with Crippen molar-refractivity contribution in [2.75, 3.05) is 0 Å². The molecule has 2 saturated carbocycles. The van der Waals surface area contributed by atoms with Crippen molar-refractivity contribution in [2.24, 2.45) is 22.7 Å². The lowest BCUT2D eigenvalue weighted by Crippen LogP contribution is -2.40. The molecule has 0 amide bonds. The van der Waals surface area contributed by atoms with Crippen molar-refractivity contribution in [1.29, 1.82) is 0 Å². The Balaban J connectivity index is 2.16. The predicted octanol–water partition coefficient (Wildman–Crippen LogP) is 6.59. The van der Waals surface area contributed by atoms with E-state index in [0.717, 1.165) is 11.8 Å². The Morgan fingerprint density at radius 2 is 1.32 bits per heavy atom. The molecule has 0 nitrogen and oxygen atoms in total. The van der Waals surface area contributed by atoms with Gasteiger partial charge in [-0.05, 0) is 48.3 Å². The van der Waals surface area contributed by atoms with Gasteiger partial charge >= 0.3 is 0 Å². The molecule has 0 spiro atoms. The van der Waals surface area contributed by atoms with Gasteiger partial charge in [0.1, 0.15) is 0 Å². The van der Waals surface area contributed by atoms with Crippen molar-refractivity contribution < 1.29 is 0 Å². The first-order valence-electron chi connectivity index (χ1n) is 9.04. The molecule has 0 N–H and O–H groups in total. The van der Waals surface area contributed by atoms with Crippen LogP contribution in [0.5, 0.6) is 0 Å². The van der Waals surface area contributed by atoms with Crippen LogP contribution in [-0.4, -0.2) is 0 Å². The van der Waals surface area contributed by atoms with E-state index in [0.29, 0.717) is 10.8 Å². The van der Waals surface area contributed by atoms with Gasteiger partial charge in [-0.3, -0.25) is 0 Å². The van der Waals surface area contributed by atoms with E-state index in [4.69, 9.17) is 0 Å². The van der Waals surface area contributed by atoms with Crippen LogP contribution in [0.15, 0.2) is 0 Å². The van der Waals surface area contributed by atoms with Gasteiger partial charge in [0.25, 0.3) is 0 Å². The lowest BCUT2D eigenvalue weighted by Gasteiger charge is -2.50. The fraction of sp³-hybridized carbons (Fsp3) is 1.00. The van der Waals surface area contributed by atoms with E-state index in [2.05, 4.69) is 27.7 Å². The van der Waals surface area contributed by atoms with Crippen molar-refractivity contribution in [3.05, 3.63) is 0 Å². The van der Waals surface area contributed by atoms with Crippen molar-refractivity contribution in [1.82, 2.24) is 0 Å². The molecule has 3 unspecified atom stereocenters. The Hall–Kier alpha value is 0. The molecule has 2 rings (SSSR count). The zero-order valence-electron chi connectivity index (χ0n) is 13.9. The SMILES string of the molecule is CCC1CCCC(C)(C2(C)CCCCC2)CC1CC. The van der Waals surface area contributed by atoms with Crippen molar-refractivity contribution in [3.63, 3.8) is 0 Å². The van der Waals surface area contributed by atoms with Crippen molar-refractivity contribution in [3.8, 4) is 0 Å². The van der Waals surface area contributed by atoms with Gasteiger partial charge in [0, 0.05) is 0 Å². The number of rotatable bonds is 3. The maximum atomic E-state index is 2.65. The molecule has 0 saturated heterocycles. The minimum atomic E-state index is 0.623. The molecule has 3 atom stereocenters. The topological polar surface area (TPSA) is 0 Å². The molecule has 2 fully saturated rings. The second-order valence-corrected chi connectivity index (χ2v) is 8.11. The van der Waals surface area contributed by atoms with Crippen molar-refractivity contribution >= 4 is 0 Å². The van der Waals surface area contributed by atoms with E-state index < -0.39 is 0 Å². The second kappa shape index (κ2) is 6.19. The highest BCUT2D eigenvalue weighted by Crippen LogP contribution is 2.57. The Morgan fingerprint density at radius 1 is 0.737 bits per heavy atom. The van der Waals surface area contributed by atoms with Gasteiger partial charge in [-0.25, -0.2) is 0 Å². The van der Waals surface area contributed by atoms with Crippen LogP contribution in [0.1, 0.15) is 98.3 Å². The Morgan fingerprint density at radius 3 is 1.89 bits per heavy atom. The molecule has 2 aliphatic rings.